The Hall–Kier alpha value is -2.89. The third-order valence-electron chi connectivity index (χ3n) is 3.88. The molecule has 1 unspecified atom stereocenters. The fraction of sp³-hybridized carbons (Fsp3) is 0.222. The highest BCUT2D eigenvalue weighted by molar-refractivity contribution is 5.81. The Kier molecular flexibility index (Phi) is 4.74. The maximum atomic E-state index is 14.0. The van der Waals surface area contributed by atoms with Crippen LogP contribution in [0.5, 0.6) is 0 Å². The van der Waals surface area contributed by atoms with Crippen molar-refractivity contribution < 1.29 is 18.7 Å². The molecule has 2 atom stereocenters. The molecular weight excluding hydrogens is 311 g/mol. The topological polar surface area (TPSA) is 67.4 Å². The summed E-state index contributed by atoms with van der Waals surface area (Å²) >= 11 is 0. The second-order valence-corrected chi connectivity index (χ2v) is 5.58. The van der Waals surface area contributed by atoms with Crippen molar-refractivity contribution in [2.24, 2.45) is 0 Å². The van der Waals surface area contributed by atoms with E-state index in [0.29, 0.717) is 5.56 Å². The zero-order valence-electron chi connectivity index (χ0n) is 12.9. The largest absolute Gasteiger partial charge is 0.445 e. The van der Waals surface area contributed by atoms with Crippen molar-refractivity contribution in [1.29, 1.82) is 0 Å². The number of amides is 2. The second kappa shape index (κ2) is 7.12. The van der Waals surface area contributed by atoms with Crippen LogP contribution in [0.25, 0.3) is 0 Å². The maximum absolute atomic E-state index is 14.0. The Morgan fingerprint density at radius 1 is 1.17 bits per heavy atom. The van der Waals surface area contributed by atoms with E-state index in [4.69, 9.17) is 4.74 Å². The molecule has 5 nitrogen and oxygen atoms in total. The lowest BCUT2D eigenvalue weighted by molar-refractivity contribution is -0.119. The van der Waals surface area contributed by atoms with Gasteiger partial charge in [0.25, 0.3) is 0 Å². The monoisotopic (exact) mass is 328 g/mol. The molecule has 124 valence electrons. The summed E-state index contributed by atoms with van der Waals surface area (Å²) in [6, 6.07) is 14.3. The first-order valence-corrected chi connectivity index (χ1v) is 7.64. The van der Waals surface area contributed by atoms with Crippen LogP contribution in [0.1, 0.15) is 23.6 Å². The van der Waals surface area contributed by atoms with Crippen molar-refractivity contribution in [3.63, 3.8) is 0 Å². The van der Waals surface area contributed by atoms with E-state index < -0.39 is 24.0 Å². The predicted molar refractivity (Wildman–Crippen MR) is 85.5 cm³/mol. The van der Waals surface area contributed by atoms with Crippen LogP contribution in [-0.2, 0) is 16.1 Å². The van der Waals surface area contributed by atoms with E-state index in [9.17, 15) is 14.0 Å². The second-order valence-electron chi connectivity index (χ2n) is 5.58. The van der Waals surface area contributed by atoms with Gasteiger partial charge in [-0.05, 0) is 11.6 Å². The van der Waals surface area contributed by atoms with E-state index in [0.717, 1.165) is 5.56 Å². The van der Waals surface area contributed by atoms with Crippen LogP contribution in [0.2, 0.25) is 0 Å². The normalized spacial score (nSPS) is 19.6. The highest BCUT2D eigenvalue weighted by Crippen LogP contribution is 2.26. The van der Waals surface area contributed by atoms with Gasteiger partial charge < -0.3 is 15.4 Å². The minimum Gasteiger partial charge on any atom is -0.445 e. The number of halogens is 1. The SMILES string of the molecule is O=C1CC(NC(=O)OCc2ccccc2)[C@@H](c2ccccc2F)N1. The zero-order chi connectivity index (χ0) is 16.9. The van der Waals surface area contributed by atoms with Crippen molar-refractivity contribution in [2.75, 3.05) is 0 Å². The first-order chi connectivity index (χ1) is 11.6. The summed E-state index contributed by atoms with van der Waals surface area (Å²) in [6.07, 6.45) is -0.555. The molecule has 6 heteroatoms. The van der Waals surface area contributed by atoms with Gasteiger partial charge in [0, 0.05) is 12.0 Å². The smallest absolute Gasteiger partial charge is 0.407 e. The Morgan fingerprint density at radius 3 is 2.62 bits per heavy atom. The molecule has 1 fully saturated rings. The van der Waals surface area contributed by atoms with Crippen molar-refractivity contribution in [3.8, 4) is 0 Å². The number of alkyl carbamates (subject to hydrolysis) is 1. The van der Waals surface area contributed by atoms with E-state index >= 15 is 0 Å². The molecule has 2 aromatic rings. The maximum Gasteiger partial charge on any atom is 0.407 e. The molecule has 2 N–H and O–H groups in total. The summed E-state index contributed by atoms with van der Waals surface area (Å²) in [5.74, 6) is -0.661. The molecule has 1 aliphatic rings. The van der Waals surface area contributed by atoms with Gasteiger partial charge >= 0.3 is 6.09 Å². The van der Waals surface area contributed by atoms with Gasteiger partial charge in [-0.15, -0.1) is 0 Å². The van der Waals surface area contributed by atoms with E-state index in [-0.39, 0.29) is 18.9 Å². The fourth-order valence-electron chi connectivity index (χ4n) is 2.72. The molecule has 0 saturated carbocycles. The lowest BCUT2D eigenvalue weighted by Gasteiger charge is -2.20. The third kappa shape index (κ3) is 3.71. The number of hydrogen-bond donors (Lipinski definition) is 2. The number of benzene rings is 2. The predicted octanol–water partition coefficient (Wildman–Crippen LogP) is 2.68. The molecule has 1 aliphatic heterocycles. The molecule has 2 aromatic carbocycles. The van der Waals surface area contributed by atoms with Gasteiger partial charge in [-0.3, -0.25) is 4.79 Å². The summed E-state index contributed by atoms with van der Waals surface area (Å²) in [7, 11) is 0. The molecule has 1 heterocycles. The highest BCUT2D eigenvalue weighted by atomic mass is 19.1. The summed E-state index contributed by atoms with van der Waals surface area (Å²) in [5, 5.41) is 5.34. The minimum atomic E-state index is -0.637. The number of ether oxygens (including phenoxy) is 1. The standard InChI is InChI=1S/C18H17FN2O3/c19-14-9-5-4-8-13(14)17-15(10-16(22)21-17)20-18(23)24-11-12-6-2-1-3-7-12/h1-9,15,17H,10-11H2,(H,20,23)(H,21,22)/t15?,17-/m1/s1. The third-order valence-corrected chi connectivity index (χ3v) is 3.88. The summed E-state index contributed by atoms with van der Waals surface area (Å²) in [6.45, 7) is 0.130. The van der Waals surface area contributed by atoms with Crippen LogP contribution >= 0.6 is 0 Å². The average Bonchev–Trinajstić information content (AvgIpc) is 2.94. The number of carbonyl (C=O) groups is 2. The molecule has 3 rings (SSSR count). The quantitative estimate of drug-likeness (QED) is 0.907. The Balaban J connectivity index is 1.63. The first kappa shape index (κ1) is 16.0. The molecule has 24 heavy (non-hydrogen) atoms. The van der Waals surface area contributed by atoms with Crippen molar-refractivity contribution in [1.82, 2.24) is 10.6 Å². The fourth-order valence-corrected chi connectivity index (χ4v) is 2.72. The molecule has 0 aliphatic carbocycles. The summed E-state index contributed by atoms with van der Waals surface area (Å²) in [4.78, 5) is 23.7. The lowest BCUT2D eigenvalue weighted by Crippen LogP contribution is -2.39. The van der Waals surface area contributed by atoms with Crippen LogP contribution in [-0.4, -0.2) is 18.0 Å². The van der Waals surface area contributed by atoms with Crippen LogP contribution in [0.15, 0.2) is 54.6 Å². The molecule has 2 amide bonds. The molecular formula is C18H17FN2O3. The summed E-state index contributed by atoms with van der Waals surface area (Å²) < 4.78 is 19.1. The number of carbonyl (C=O) groups excluding carboxylic acids is 2. The van der Waals surface area contributed by atoms with Gasteiger partial charge in [0.15, 0.2) is 0 Å². The van der Waals surface area contributed by atoms with E-state index in [2.05, 4.69) is 10.6 Å². The van der Waals surface area contributed by atoms with Gasteiger partial charge in [0.1, 0.15) is 12.4 Å². The van der Waals surface area contributed by atoms with E-state index in [1.165, 1.54) is 6.07 Å². The number of nitrogens with one attached hydrogen (secondary N) is 2. The van der Waals surface area contributed by atoms with Crippen molar-refractivity contribution in [2.45, 2.75) is 25.1 Å². The van der Waals surface area contributed by atoms with E-state index in [1.807, 2.05) is 30.3 Å². The number of rotatable bonds is 4. The van der Waals surface area contributed by atoms with Gasteiger partial charge in [0.2, 0.25) is 5.91 Å². The molecule has 0 radical (unpaired) electrons. The highest BCUT2D eigenvalue weighted by Gasteiger charge is 2.36. The molecule has 1 saturated heterocycles. The minimum absolute atomic E-state index is 0.0828. The summed E-state index contributed by atoms with van der Waals surface area (Å²) in [5.41, 5.74) is 1.20. The number of hydrogen-bond acceptors (Lipinski definition) is 3. The first-order valence-electron chi connectivity index (χ1n) is 7.64. The molecule has 0 bridgehead atoms. The van der Waals surface area contributed by atoms with Crippen molar-refractivity contribution in [3.05, 3.63) is 71.5 Å². The zero-order valence-corrected chi connectivity index (χ0v) is 12.9. The van der Waals surface area contributed by atoms with Crippen LogP contribution in [0, 0.1) is 5.82 Å². The average molecular weight is 328 g/mol. The van der Waals surface area contributed by atoms with Crippen molar-refractivity contribution >= 4 is 12.0 Å². The lowest BCUT2D eigenvalue weighted by atomic mass is 10.0. The van der Waals surface area contributed by atoms with Crippen LogP contribution in [0.4, 0.5) is 9.18 Å². The van der Waals surface area contributed by atoms with Gasteiger partial charge in [0.05, 0.1) is 12.1 Å². The Bertz CT molecular complexity index is 736. The molecule has 0 aromatic heterocycles. The van der Waals surface area contributed by atoms with Gasteiger partial charge in [-0.25, -0.2) is 9.18 Å². The Labute approximate surface area is 138 Å². The van der Waals surface area contributed by atoms with Crippen LogP contribution in [0.3, 0.4) is 0 Å². The van der Waals surface area contributed by atoms with E-state index in [1.54, 1.807) is 18.2 Å². The Morgan fingerprint density at radius 2 is 1.88 bits per heavy atom. The van der Waals surface area contributed by atoms with Crippen LogP contribution < -0.4 is 10.6 Å². The molecule has 0 spiro atoms. The van der Waals surface area contributed by atoms with Gasteiger partial charge in [-0.1, -0.05) is 48.5 Å². The van der Waals surface area contributed by atoms with Gasteiger partial charge in [-0.2, -0.15) is 0 Å².